The molecule has 0 rings (SSSR count). The Balaban J connectivity index is 3.59. The van der Waals surface area contributed by atoms with E-state index in [0.717, 1.165) is 6.42 Å². The number of hydrogen-bond acceptors (Lipinski definition) is 1. The van der Waals surface area contributed by atoms with Crippen LogP contribution < -0.4 is 5.73 Å². The lowest BCUT2D eigenvalue weighted by atomic mass is 9.85. The Morgan fingerprint density at radius 3 is 1.89 bits per heavy atom. The third-order valence-corrected chi connectivity index (χ3v) is 1.71. The van der Waals surface area contributed by atoms with Crippen molar-refractivity contribution in [2.24, 2.45) is 11.1 Å². The molecule has 0 aliphatic rings. The van der Waals surface area contributed by atoms with Gasteiger partial charge in [-0.15, -0.1) is 0 Å². The van der Waals surface area contributed by atoms with Gasteiger partial charge in [0.2, 0.25) is 0 Å². The normalized spacial score (nSPS) is 15.7. The van der Waals surface area contributed by atoms with Gasteiger partial charge in [0.25, 0.3) is 0 Å². The average molecular weight is 129 g/mol. The molecule has 0 aromatic rings. The van der Waals surface area contributed by atoms with E-state index in [1.54, 1.807) is 0 Å². The largest absolute Gasteiger partial charge is 0.327 e. The summed E-state index contributed by atoms with van der Waals surface area (Å²) in [5.74, 6) is 0. The van der Waals surface area contributed by atoms with E-state index < -0.39 is 0 Å². The Morgan fingerprint density at radius 1 is 1.33 bits per heavy atom. The zero-order valence-electron chi connectivity index (χ0n) is 7.07. The van der Waals surface area contributed by atoms with Gasteiger partial charge in [-0.2, -0.15) is 0 Å². The first-order valence-corrected chi connectivity index (χ1v) is 3.74. The highest BCUT2D eigenvalue weighted by molar-refractivity contribution is 4.75. The van der Waals surface area contributed by atoms with Crippen molar-refractivity contribution in [1.82, 2.24) is 0 Å². The second-order valence-electron chi connectivity index (χ2n) is 3.76. The van der Waals surface area contributed by atoms with E-state index in [0.29, 0.717) is 6.04 Å². The quantitative estimate of drug-likeness (QED) is 0.607. The fourth-order valence-corrected chi connectivity index (χ4v) is 0.744. The summed E-state index contributed by atoms with van der Waals surface area (Å²) in [7, 11) is 0. The zero-order valence-corrected chi connectivity index (χ0v) is 7.07. The van der Waals surface area contributed by atoms with Crippen LogP contribution in [0.1, 0.15) is 40.5 Å². The van der Waals surface area contributed by atoms with Gasteiger partial charge < -0.3 is 5.73 Å². The van der Waals surface area contributed by atoms with E-state index in [-0.39, 0.29) is 5.41 Å². The van der Waals surface area contributed by atoms with Gasteiger partial charge in [0.1, 0.15) is 0 Å². The Bertz CT molecular complexity index is 71.1. The van der Waals surface area contributed by atoms with Gasteiger partial charge in [-0.1, -0.05) is 34.1 Å². The molecule has 1 heteroatoms. The molecule has 1 nitrogen and oxygen atoms in total. The minimum atomic E-state index is 0.288. The minimum Gasteiger partial charge on any atom is -0.327 e. The van der Waals surface area contributed by atoms with E-state index in [9.17, 15) is 0 Å². The molecule has 0 bridgehead atoms. The third kappa shape index (κ3) is 3.52. The van der Waals surface area contributed by atoms with Crippen molar-refractivity contribution in [3.8, 4) is 0 Å². The van der Waals surface area contributed by atoms with Crippen LogP contribution >= 0.6 is 0 Å². The van der Waals surface area contributed by atoms with Gasteiger partial charge in [-0.05, 0) is 11.8 Å². The SMILES string of the molecule is CCC[C@@H](N)C(C)(C)C. The summed E-state index contributed by atoms with van der Waals surface area (Å²) in [5, 5.41) is 0. The fraction of sp³-hybridized carbons (Fsp3) is 1.00. The molecule has 1 atom stereocenters. The predicted molar refractivity (Wildman–Crippen MR) is 42.3 cm³/mol. The van der Waals surface area contributed by atoms with E-state index in [2.05, 4.69) is 27.7 Å². The molecule has 0 aliphatic carbocycles. The highest BCUT2D eigenvalue weighted by atomic mass is 14.7. The zero-order chi connectivity index (χ0) is 7.49. The van der Waals surface area contributed by atoms with Crippen LogP contribution in [0.25, 0.3) is 0 Å². The molecular formula is C8H19N. The summed E-state index contributed by atoms with van der Waals surface area (Å²) >= 11 is 0. The van der Waals surface area contributed by atoms with Gasteiger partial charge in [0, 0.05) is 6.04 Å². The summed E-state index contributed by atoms with van der Waals surface area (Å²) in [6.07, 6.45) is 2.34. The maximum Gasteiger partial charge on any atom is 0.00875 e. The molecule has 0 saturated carbocycles. The molecule has 0 amide bonds. The van der Waals surface area contributed by atoms with Gasteiger partial charge in [0.05, 0.1) is 0 Å². The highest BCUT2D eigenvalue weighted by Crippen LogP contribution is 2.20. The average Bonchev–Trinajstić information content (AvgIpc) is 1.64. The van der Waals surface area contributed by atoms with Gasteiger partial charge in [-0.3, -0.25) is 0 Å². The van der Waals surface area contributed by atoms with E-state index >= 15 is 0 Å². The standard InChI is InChI=1S/C8H19N/c1-5-6-7(9)8(2,3)4/h7H,5-6,9H2,1-4H3/t7-/m1/s1. The Morgan fingerprint density at radius 2 is 1.78 bits per heavy atom. The molecule has 0 radical (unpaired) electrons. The van der Waals surface area contributed by atoms with Gasteiger partial charge >= 0.3 is 0 Å². The molecule has 0 saturated heterocycles. The Kier molecular flexibility index (Phi) is 3.20. The van der Waals surface area contributed by atoms with Crippen molar-refractivity contribution in [2.75, 3.05) is 0 Å². The van der Waals surface area contributed by atoms with Crippen LogP contribution in [-0.2, 0) is 0 Å². The molecule has 56 valence electrons. The first kappa shape index (κ1) is 8.96. The molecule has 0 aromatic carbocycles. The molecule has 9 heavy (non-hydrogen) atoms. The van der Waals surface area contributed by atoms with Crippen LogP contribution in [0.3, 0.4) is 0 Å². The topological polar surface area (TPSA) is 26.0 Å². The van der Waals surface area contributed by atoms with Crippen molar-refractivity contribution < 1.29 is 0 Å². The molecule has 0 spiro atoms. The maximum absolute atomic E-state index is 5.86. The summed E-state index contributed by atoms with van der Waals surface area (Å²) < 4.78 is 0. The first-order valence-electron chi connectivity index (χ1n) is 3.74. The number of hydrogen-bond donors (Lipinski definition) is 1. The molecule has 0 unspecified atom stereocenters. The van der Waals surface area contributed by atoms with Crippen molar-refractivity contribution in [3.63, 3.8) is 0 Å². The van der Waals surface area contributed by atoms with Crippen LogP contribution in [0, 0.1) is 5.41 Å². The van der Waals surface area contributed by atoms with Crippen LogP contribution in [0.5, 0.6) is 0 Å². The fourth-order valence-electron chi connectivity index (χ4n) is 0.744. The smallest absolute Gasteiger partial charge is 0.00875 e. The lowest BCUT2D eigenvalue weighted by Crippen LogP contribution is -2.34. The highest BCUT2D eigenvalue weighted by Gasteiger charge is 2.18. The van der Waals surface area contributed by atoms with Crippen LogP contribution in [-0.4, -0.2) is 6.04 Å². The molecule has 0 fully saturated rings. The predicted octanol–water partition coefficient (Wildman–Crippen LogP) is 2.16. The second kappa shape index (κ2) is 3.21. The molecule has 0 aliphatic heterocycles. The summed E-state index contributed by atoms with van der Waals surface area (Å²) in [6.45, 7) is 8.74. The molecule has 0 aromatic heterocycles. The van der Waals surface area contributed by atoms with Crippen molar-refractivity contribution in [2.45, 2.75) is 46.6 Å². The van der Waals surface area contributed by atoms with Gasteiger partial charge in [-0.25, -0.2) is 0 Å². The summed E-state index contributed by atoms with van der Waals surface area (Å²) in [6, 6.07) is 0.363. The van der Waals surface area contributed by atoms with Crippen LogP contribution in [0.2, 0.25) is 0 Å². The number of rotatable bonds is 2. The van der Waals surface area contributed by atoms with Crippen molar-refractivity contribution >= 4 is 0 Å². The van der Waals surface area contributed by atoms with Crippen LogP contribution in [0.15, 0.2) is 0 Å². The lowest BCUT2D eigenvalue weighted by Gasteiger charge is -2.26. The van der Waals surface area contributed by atoms with Gasteiger partial charge in [0.15, 0.2) is 0 Å². The van der Waals surface area contributed by atoms with Crippen molar-refractivity contribution in [1.29, 1.82) is 0 Å². The summed E-state index contributed by atoms with van der Waals surface area (Å²) in [5.41, 5.74) is 6.15. The third-order valence-electron chi connectivity index (χ3n) is 1.71. The Labute approximate surface area is 58.6 Å². The van der Waals surface area contributed by atoms with Crippen molar-refractivity contribution in [3.05, 3.63) is 0 Å². The molecule has 0 heterocycles. The van der Waals surface area contributed by atoms with E-state index in [1.807, 2.05) is 0 Å². The second-order valence-corrected chi connectivity index (χ2v) is 3.76. The Hall–Kier alpha value is -0.0400. The minimum absolute atomic E-state index is 0.288. The maximum atomic E-state index is 5.86. The van der Waals surface area contributed by atoms with E-state index in [1.165, 1.54) is 6.42 Å². The number of nitrogens with two attached hydrogens (primary N) is 1. The molecular weight excluding hydrogens is 110 g/mol. The van der Waals surface area contributed by atoms with Crippen LogP contribution in [0.4, 0.5) is 0 Å². The summed E-state index contributed by atoms with van der Waals surface area (Å²) in [4.78, 5) is 0. The lowest BCUT2D eigenvalue weighted by molar-refractivity contribution is 0.304. The van der Waals surface area contributed by atoms with E-state index in [4.69, 9.17) is 5.73 Å². The monoisotopic (exact) mass is 129 g/mol. The first-order chi connectivity index (χ1) is 3.98. The molecule has 2 N–H and O–H groups in total.